The van der Waals surface area contributed by atoms with Crippen molar-refractivity contribution in [2.24, 2.45) is 11.8 Å². The highest BCUT2D eigenvalue weighted by Crippen LogP contribution is 2.53. The molecule has 0 amide bonds. The highest BCUT2D eigenvalue weighted by molar-refractivity contribution is 5.86. The van der Waals surface area contributed by atoms with Crippen molar-refractivity contribution in [2.45, 2.75) is 50.4 Å². The number of aromatic carboxylic acids is 1. The third-order valence-corrected chi connectivity index (χ3v) is 4.88. The van der Waals surface area contributed by atoms with Crippen LogP contribution in [0, 0.1) is 11.8 Å². The van der Waals surface area contributed by atoms with Crippen LogP contribution in [0.2, 0.25) is 0 Å². The lowest BCUT2D eigenvalue weighted by Gasteiger charge is -2.17. The fourth-order valence-corrected chi connectivity index (χ4v) is 3.84. The topological polar surface area (TPSA) is 63.3 Å². The zero-order valence-electron chi connectivity index (χ0n) is 10.3. The van der Waals surface area contributed by atoms with Crippen molar-refractivity contribution in [3.05, 3.63) is 17.3 Å². The van der Waals surface area contributed by atoms with Gasteiger partial charge in [-0.1, -0.05) is 6.42 Å². The van der Waals surface area contributed by atoms with Gasteiger partial charge in [-0.25, -0.2) is 9.78 Å². The lowest BCUT2D eigenvalue weighted by molar-refractivity contribution is 0.0657. The molecule has 18 heavy (non-hydrogen) atoms. The smallest absolute Gasteiger partial charge is 0.373 e. The maximum atomic E-state index is 11.2. The molecule has 0 aliphatic heterocycles. The molecule has 1 heterocycles. The van der Waals surface area contributed by atoms with Crippen molar-refractivity contribution in [1.29, 1.82) is 0 Å². The first kappa shape index (κ1) is 10.6. The summed E-state index contributed by atoms with van der Waals surface area (Å²) in [6.07, 6.45) is 7.15. The molecule has 3 unspecified atom stereocenters. The molecule has 1 aromatic heterocycles. The van der Waals surface area contributed by atoms with E-state index in [0.717, 1.165) is 25.2 Å². The van der Waals surface area contributed by atoms with E-state index in [9.17, 15) is 9.90 Å². The minimum atomic E-state index is -0.959. The SMILES string of the molecule is O=C(O)c1oc(C2CC3CCC2C3)nc1C1CC1. The van der Waals surface area contributed by atoms with Crippen LogP contribution in [0.1, 0.15) is 72.5 Å². The Bertz CT molecular complexity index is 503. The summed E-state index contributed by atoms with van der Waals surface area (Å²) in [5, 5.41) is 9.20. The number of carboxylic acids is 1. The number of nitrogens with zero attached hydrogens (tertiary/aromatic N) is 1. The lowest BCUT2D eigenvalue weighted by atomic mass is 9.89. The van der Waals surface area contributed by atoms with E-state index < -0.39 is 5.97 Å². The molecule has 96 valence electrons. The van der Waals surface area contributed by atoms with Gasteiger partial charge < -0.3 is 9.52 Å². The zero-order valence-corrected chi connectivity index (χ0v) is 10.3. The van der Waals surface area contributed by atoms with Crippen LogP contribution in [-0.2, 0) is 0 Å². The summed E-state index contributed by atoms with van der Waals surface area (Å²) in [5.74, 6) is 2.09. The van der Waals surface area contributed by atoms with Crippen LogP contribution in [0.4, 0.5) is 0 Å². The van der Waals surface area contributed by atoms with Gasteiger partial charge in [0.15, 0.2) is 5.89 Å². The third-order valence-electron chi connectivity index (χ3n) is 4.88. The first-order valence-corrected chi connectivity index (χ1v) is 6.96. The van der Waals surface area contributed by atoms with Gasteiger partial charge in [0.05, 0.1) is 5.69 Å². The van der Waals surface area contributed by atoms with Crippen LogP contribution in [0.3, 0.4) is 0 Å². The van der Waals surface area contributed by atoms with Crippen LogP contribution < -0.4 is 0 Å². The molecule has 4 nitrogen and oxygen atoms in total. The average Bonchev–Trinajstić information content (AvgIpc) is 2.82. The zero-order chi connectivity index (χ0) is 12.3. The van der Waals surface area contributed by atoms with E-state index in [1.165, 1.54) is 19.3 Å². The second kappa shape index (κ2) is 3.59. The maximum absolute atomic E-state index is 11.2. The molecule has 3 atom stereocenters. The van der Waals surface area contributed by atoms with E-state index in [2.05, 4.69) is 4.98 Å². The van der Waals surface area contributed by atoms with Gasteiger partial charge in [-0.15, -0.1) is 0 Å². The van der Waals surface area contributed by atoms with Crippen molar-refractivity contribution < 1.29 is 14.3 Å². The van der Waals surface area contributed by atoms with Crippen LogP contribution in [-0.4, -0.2) is 16.1 Å². The van der Waals surface area contributed by atoms with E-state index >= 15 is 0 Å². The Hall–Kier alpha value is -1.32. The van der Waals surface area contributed by atoms with Crippen LogP contribution >= 0.6 is 0 Å². The highest BCUT2D eigenvalue weighted by Gasteiger charge is 2.44. The minimum Gasteiger partial charge on any atom is -0.475 e. The standard InChI is InChI=1S/C14H17NO3/c16-14(17)12-11(8-3-4-8)15-13(18-12)10-6-7-1-2-9(10)5-7/h7-10H,1-6H2,(H,16,17). The van der Waals surface area contributed by atoms with E-state index in [-0.39, 0.29) is 5.76 Å². The molecule has 0 radical (unpaired) electrons. The van der Waals surface area contributed by atoms with Gasteiger partial charge in [-0.2, -0.15) is 0 Å². The third kappa shape index (κ3) is 1.51. The Morgan fingerprint density at radius 1 is 1.22 bits per heavy atom. The number of oxazole rings is 1. The van der Waals surface area contributed by atoms with Crippen molar-refractivity contribution >= 4 is 5.97 Å². The molecular weight excluding hydrogens is 230 g/mol. The molecule has 0 aromatic carbocycles. The Balaban J connectivity index is 1.69. The number of fused-ring (bicyclic) bond motifs is 2. The Morgan fingerprint density at radius 3 is 2.61 bits per heavy atom. The molecule has 4 rings (SSSR count). The molecule has 3 aliphatic rings. The number of carboxylic acid groups (broad SMARTS) is 1. The van der Waals surface area contributed by atoms with E-state index in [1.54, 1.807) is 0 Å². The number of carbonyl (C=O) groups is 1. The first-order valence-electron chi connectivity index (χ1n) is 6.96. The van der Waals surface area contributed by atoms with Crippen LogP contribution in [0.5, 0.6) is 0 Å². The fraction of sp³-hybridized carbons (Fsp3) is 0.714. The maximum Gasteiger partial charge on any atom is 0.373 e. The molecule has 4 heteroatoms. The van der Waals surface area contributed by atoms with Crippen molar-refractivity contribution in [3.63, 3.8) is 0 Å². The Morgan fingerprint density at radius 2 is 2.06 bits per heavy atom. The summed E-state index contributed by atoms with van der Waals surface area (Å²) in [4.78, 5) is 15.8. The predicted octanol–water partition coefficient (Wildman–Crippen LogP) is 3.15. The Labute approximate surface area is 105 Å². The van der Waals surface area contributed by atoms with Gasteiger partial charge in [-0.05, 0) is 43.9 Å². The monoisotopic (exact) mass is 247 g/mol. The van der Waals surface area contributed by atoms with Crippen LogP contribution in [0.25, 0.3) is 0 Å². The number of aromatic nitrogens is 1. The molecular formula is C14H17NO3. The predicted molar refractivity (Wildman–Crippen MR) is 63.6 cm³/mol. The summed E-state index contributed by atoms with van der Waals surface area (Å²) in [7, 11) is 0. The largest absolute Gasteiger partial charge is 0.475 e. The van der Waals surface area contributed by atoms with Crippen molar-refractivity contribution in [1.82, 2.24) is 4.98 Å². The van der Waals surface area contributed by atoms with Gasteiger partial charge in [-0.3, -0.25) is 0 Å². The normalized spacial score (nSPS) is 34.1. The van der Waals surface area contributed by atoms with Gasteiger partial charge in [0, 0.05) is 11.8 Å². The van der Waals surface area contributed by atoms with E-state index in [0.29, 0.717) is 29.3 Å². The minimum absolute atomic E-state index is 0.107. The molecule has 0 saturated heterocycles. The molecule has 1 aromatic rings. The summed E-state index contributed by atoms with van der Waals surface area (Å²) < 4.78 is 5.60. The lowest BCUT2D eigenvalue weighted by Crippen LogP contribution is -2.08. The summed E-state index contributed by atoms with van der Waals surface area (Å²) in [6, 6.07) is 0. The second-order valence-electron chi connectivity index (χ2n) is 6.13. The highest BCUT2D eigenvalue weighted by atomic mass is 16.4. The average molecular weight is 247 g/mol. The van der Waals surface area contributed by atoms with Crippen molar-refractivity contribution in [2.75, 3.05) is 0 Å². The molecule has 3 fully saturated rings. The molecule has 3 saturated carbocycles. The summed E-state index contributed by atoms with van der Waals surface area (Å²) >= 11 is 0. The van der Waals surface area contributed by atoms with Crippen LogP contribution in [0.15, 0.2) is 4.42 Å². The van der Waals surface area contributed by atoms with E-state index in [4.69, 9.17) is 4.42 Å². The van der Waals surface area contributed by atoms with Gasteiger partial charge in [0.2, 0.25) is 5.76 Å². The quantitative estimate of drug-likeness (QED) is 0.891. The van der Waals surface area contributed by atoms with Crippen molar-refractivity contribution in [3.8, 4) is 0 Å². The second-order valence-corrected chi connectivity index (χ2v) is 6.13. The number of hydrogen-bond donors (Lipinski definition) is 1. The summed E-state index contributed by atoms with van der Waals surface area (Å²) in [6.45, 7) is 0. The Kier molecular flexibility index (Phi) is 2.11. The van der Waals surface area contributed by atoms with Gasteiger partial charge in [0.25, 0.3) is 0 Å². The molecule has 3 aliphatic carbocycles. The number of rotatable bonds is 3. The molecule has 2 bridgehead atoms. The molecule has 0 spiro atoms. The van der Waals surface area contributed by atoms with Gasteiger partial charge >= 0.3 is 5.97 Å². The first-order chi connectivity index (χ1) is 8.72. The fourth-order valence-electron chi connectivity index (χ4n) is 3.84. The van der Waals surface area contributed by atoms with E-state index in [1.807, 2.05) is 0 Å². The summed E-state index contributed by atoms with van der Waals surface area (Å²) in [5.41, 5.74) is 0.709. The number of hydrogen-bond acceptors (Lipinski definition) is 3. The van der Waals surface area contributed by atoms with Gasteiger partial charge in [0.1, 0.15) is 0 Å². The molecule has 1 N–H and O–H groups in total.